The number of amides is 1. The number of hydrogen-bond acceptors (Lipinski definition) is 3. The van der Waals surface area contributed by atoms with E-state index < -0.39 is 0 Å². The van der Waals surface area contributed by atoms with Gasteiger partial charge in [-0.15, -0.1) is 0 Å². The molecule has 0 aromatic heterocycles. The van der Waals surface area contributed by atoms with E-state index in [1.165, 1.54) is 0 Å². The number of rotatable bonds is 5. The number of likely N-dealkylation sites (N-methyl/N-ethyl adjacent to an activating group) is 1. The average molecular weight is 275 g/mol. The van der Waals surface area contributed by atoms with Gasteiger partial charge in [-0.25, -0.2) is 0 Å². The number of para-hydroxylation sites is 2. The van der Waals surface area contributed by atoms with Crippen molar-refractivity contribution in [1.29, 1.82) is 0 Å². The third kappa shape index (κ3) is 3.51. The molecule has 20 heavy (non-hydrogen) atoms. The Hall–Kier alpha value is -1.55. The van der Waals surface area contributed by atoms with Crippen molar-refractivity contribution in [3.05, 3.63) is 24.3 Å². The summed E-state index contributed by atoms with van der Waals surface area (Å²) in [4.78, 5) is 16.5. The van der Waals surface area contributed by atoms with E-state index in [1.807, 2.05) is 23.1 Å². The second-order valence-corrected chi connectivity index (χ2v) is 5.67. The van der Waals surface area contributed by atoms with Gasteiger partial charge in [0.1, 0.15) is 0 Å². The fourth-order valence-corrected chi connectivity index (χ4v) is 2.53. The molecule has 0 aliphatic carbocycles. The third-order valence-corrected chi connectivity index (χ3v) is 3.66. The fourth-order valence-electron chi connectivity index (χ4n) is 2.53. The van der Waals surface area contributed by atoms with Crippen LogP contribution in [0, 0.1) is 0 Å². The van der Waals surface area contributed by atoms with Crippen LogP contribution in [-0.4, -0.2) is 38.6 Å². The van der Waals surface area contributed by atoms with Crippen LogP contribution < -0.4 is 15.1 Å². The molecule has 4 heteroatoms. The van der Waals surface area contributed by atoms with Crippen LogP contribution in [0.4, 0.5) is 11.4 Å². The van der Waals surface area contributed by atoms with Crippen molar-refractivity contribution < 1.29 is 4.79 Å². The smallest absolute Gasteiger partial charge is 0.227 e. The maximum Gasteiger partial charge on any atom is 0.227 e. The SMILES string of the molecule is CC(C)NCCCC(=O)N1CCN(C)c2ccccc21. The monoisotopic (exact) mass is 275 g/mol. The first kappa shape index (κ1) is 14.9. The number of nitrogens with zero attached hydrogens (tertiary/aromatic N) is 2. The highest BCUT2D eigenvalue weighted by Gasteiger charge is 2.24. The highest BCUT2D eigenvalue weighted by molar-refractivity contribution is 5.97. The van der Waals surface area contributed by atoms with Gasteiger partial charge in [0.05, 0.1) is 11.4 Å². The summed E-state index contributed by atoms with van der Waals surface area (Å²) in [6, 6.07) is 8.62. The molecular weight excluding hydrogens is 250 g/mol. The van der Waals surface area contributed by atoms with E-state index in [-0.39, 0.29) is 5.91 Å². The van der Waals surface area contributed by atoms with E-state index in [1.54, 1.807) is 0 Å². The van der Waals surface area contributed by atoms with Crippen LogP contribution in [0.3, 0.4) is 0 Å². The predicted octanol–water partition coefficient (Wildman–Crippen LogP) is 2.25. The van der Waals surface area contributed by atoms with Gasteiger partial charge in [-0.2, -0.15) is 0 Å². The lowest BCUT2D eigenvalue weighted by Gasteiger charge is -2.35. The first-order valence-electron chi connectivity index (χ1n) is 7.43. The van der Waals surface area contributed by atoms with Gasteiger partial charge in [-0.05, 0) is 25.1 Å². The highest BCUT2D eigenvalue weighted by Crippen LogP contribution is 2.32. The summed E-state index contributed by atoms with van der Waals surface area (Å²) in [6.45, 7) is 6.83. The molecular formula is C16H25N3O. The topological polar surface area (TPSA) is 35.6 Å². The molecule has 0 atom stereocenters. The summed E-state index contributed by atoms with van der Waals surface area (Å²) in [7, 11) is 2.08. The number of nitrogens with one attached hydrogen (secondary N) is 1. The van der Waals surface area contributed by atoms with E-state index in [0.717, 1.165) is 37.4 Å². The summed E-state index contributed by atoms with van der Waals surface area (Å²) in [5.74, 6) is 0.233. The van der Waals surface area contributed by atoms with Crippen molar-refractivity contribution >= 4 is 17.3 Å². The number of fused-ring (bicyclic) bond motifs is 1. The van der Waals surface area contributed by atoms with Gasteiger partial charge >= 0.3 is 0 Å². The van der Waals surface area contributed by atoms with Crippen LogP contribution in [-0.2, 0) is 4.79 Å². The molecule has 2 rings (SSSR count). The molecule has 1 aromatic carbocycles. The van der Waals surface area contributed by atoms with E-state index in [9.17, 15) is 4.79 Å². The molecule has 0 saturated carbocycles. The Morgan fingerprint density at radius 2 is 1.95 bits per heavy atom. The second-order valence-electron chi connectivity index (χ2n) is 5.67. The number of carbonyl (C=O) groups is 1. The van der Waals surface area contributed by atoms with Crippen molar-refractivity contribution in [2.45, 2.75) is 32.7 Å². The zero-order valence-electron chi connectivity index (χ0n) is 12.7. The maximum absolute atomic E-state index is 12.4. The Morgan fingerprint density at radius 3 is 2.65 bits per heavy atom. The van der Waals surface area contributed by atoms with Crippen LogP contribution in [0.2, 0.25) is 0 Å². The fraction of sp³-hybridized carbons (Fsp3) is 0.562. The molecule has 110 valence electrons. The zero-order valence-corrected chi connectivity index (χ0v) is 12.7. The molecule has 0 spiro atoms. The van der Waals surface area contributed by atoms with Gasteiger partial charge in [-0.1, -0.05) is 26.0 Å². The lowest BCUT2D eigenvalue weighted by molar-refractivity contribution is -0.118. The normalized spacial score (nSPS) is 14.6. The number of hydrogen-bond donors (Lipinski definition) is 1. The van der Waals surface area contributed by atoms with Gasteiger partial charge in [0.2, 0.25) is 5.91 Å². The quantitative estimate of drug-likeness (QED) is 0.837. The van der Waals surface area contributed by atoms with Crippen molar-refractivity contribution in [1.82, 2.24) is 5.32 Å². The lowest BCUT2D eigenvalue weighted by atomic mass is 10.1. The first-order chi connectivity index (χ1) is 9.59. The maximum atomic E-state index is 12.4. The molecule has 1 aliphatic rings. The summed E-state index contributed by atoms with van der Waals surface area (Å²) >= 11 is 0. The summed E-state index contributed by atoms with van der Waals surface area (Å²) in [5, 5.41) is 3.35. The van der Waals surface area contributed by atoms with Crippen LogP contribution in [0.25, 0.3) is 0 Å². The first-order valence-corrected chi connectivity index (χ1v) is 7.43. The molecule has 0 saturated heterocycles. The Kier molecular flexibility index (Phi) is 5.01. The third-order valence-electron chi connectivity index (χ3n) is 3.66. The minimum Gasteiger partial charge on any atom is -0.371 e. The van der Waals surface area contributed by atoms with E-state index >= 15 is 0 Å². The van der Waals surface area contributed by atoms with Gasteiger partial charge in [-0.3, -0.25) is 4.79 Å². The Morgan fingerprint density at radius 1 is 1.25 bits per heavy atom. The molecule has 1 heterocycles. The summed E-state index contributed by atoms with van der Waals surface area (Å²) in [6.07, 6.45) is 1.50. The van der Waals surface area contributed by atoms with Gasteiger partial charge in [0, 0.05) is 32.6 Å². The van der Waals surface area contributed by atoms with Crippen molar-refractivity contribution in [3.8, 4) is 0 Å². The Labute approximate surface area is 121 Å². The molecule has 1 aromatic rings. The largest absolute Gasteiger partial charge is 0.371 e. The van der Waals surface area contributed by atoms with Crippen LogP contribution >= 0.6 is 0 Å². The number of benzene rings is 1. The second kappa shape index (κ2) is 6.75. The Balaban J connectivity index is 1.96. The molecule has 0 fully saturated rings. The molecule has 1 N–H and O–H groups in total. The van der Waals surface area contributed by atoms with E-state index in [2.05, 4.69) is 37.2 Å². The van der Waals surface area contributed by atoms with Crippen molar-refractivity contribution in [3.63, 3.8) is 0 Å². The molecule has 4 nitrogen and oxygen atoms in total. The zero-order chi connectivity index (χ0) is 14.5. The van der Waals surface area contributed by atoms with E-state index in [0.29, 0.717) is 12.5 Å². The van der Waals surface area contributed by atoms with Crippen molar-refractivity contribution in [2.24, 2.45) is 0 Å². The lowest BCUT2D eigenvalue weighted by Crippen LogP contribution is -2.42. The summed E-state index contributed by atoms with van der Waals surface area (Å²) < 4.78 is 0. The molecule has 1 aliphatic heterocycles. The van der Waals surface area contributed by atoms with Gasteiger partial charge in [0.15, 0.2) is 0 Å². The minimum atomic E-state index is 0.233. The van der Waals surface area contributed by atoms with E-state index in [4.69, 9.17) is 0 Å². The highest BCUT2D eigenvalue weighted by atomic mass is 16.2. The minimum absolute atomic E-state index is 0.233. The molecule has 0 radical (unpaired) electrons. The van der Waals surface area contributed by atoms with Crippen LogP contribution in [0.15, 0.2) is 24.3 Å². The molecule has 0 unspecified atom stereocenters. The number of anilines is 2. The van der Waals surface area contributed by atoms with Crippen molar-refractivity contribution in [2.75, 3.05) is 36.5 Å². The standard InChI is InChI=1S/C16H25N3O/c1-13(2)17-10-6-9-16(20)19-12-11-18(3)14-7-4-5-8-15(14)19/h4-5,7-8,13,17H,6,9-12H2,1-3H3. The molecule has 0 bridgehead atoms. The van der Waals surface area contributed by atoms with Crippen LogP contribution in [0.1, 0.15) is 26.7 Å². The summed E-state index contributed by atoms with van der Waals surface area (Å²) in [5.41, 5.74) is 2.19. The van der Waals surface area contributed by atoms with Gasteiger partial charge in [0.25, 0.3) is 0 Å². The average Bonchev–Trinajstić information content (AvgIpc) is 2.44. The predicted molar refractivity (Wildman–Crippen MR) is 84.4 cm³/mol. The Bertz CT molecular complexity index is 459. The molecule has 1 amide bonds. The van der Waals surface area contributed by atoms with Crippen LogP contribution in [0.5, 0.6) is 0 Å². The number of carbonyl (C=O) groups excluding carboxylic acids is 1. The van der Waals surface area contributed by atoms with Gasteiger partial charge < -0.3 is 15.1 Å².